The number of hydrogen-bond donors (Lipinski definition) is 3. The van der Waals surface area contributed by atoms with Crippen molar-refractivity contribution in [1.82, 2.24) is 0 Å². The van der Waals surface area contributed by atoms with Crippen LogP contribution in [-0.2, 0) is 14.3 Å². The molecule has 4 aliphatic carbocycles. The molecule has 0 spiro atoms. The highest BCUT2D eigenvalue weighted by Crippen LogP contribution is 2.68. The van der Waals surface area contributed by atoms with Gasteiger partial charge in [-0.2, -0.15) is 0 Å². The molecule has 4 fully saturated rings. The van der Waals surface area contributed by atoms with Crippen LogP contribution in [-0.4, -0.2) is 51.5 Å². The summed E-state index contributed by atoms with van der Waals surface area (Å²) in [6, 6.07) is 0. The summed E-state index contributed by atoms with van der Waals surface area (Å²) in [6.07, 6.45) is 7.36. The second kappa shape index (κ2) is 6.14. The number of ether oxygens (including phenoxy) is 1. The van der Waals surface area contributed by atoms with Crippen LogP contribution >= 0.6 is 0 Å². The van der Waals surface area contributed by atoms with E-state index in [2.05, 4.69) is 6.92 Å². The maximum absolute atomic E-state index is 12.5. The number of hydrogen-bond acceptors (Lipinski definition) is 6. The Balaban J connectivity index is 1.48. The molecule has 6 nitrogen and oxygen atoms in total. The number of cyclic esters (lactones) is 1. The molecule has 160 valence electrons. The fourth-order valence-corrected chi connectivity index (χ4v) is 7.95. The molecule has 0 aromatic heterocycles. The second-order valence-corrected chi connectivity index (χ2v) is 10.9. The third-order valence-electron chi connectivity index (χ3n) is 9.58. The molecule has 5 aliphatic rings. The maximum Gasteiger partial charge on any atom is 0.331 e. The summed E-state index contributed by atoms with van der Waals surface area (Å²) in [7, 11) is 0. The minimum absolute atomic E-state index is 0.0192. The number of fused-ring (bicyclic) bond motifs is 4. The predicted molar refractivity (Wildman–Crippen MR) is 104 cm³/mol. The van der Waals surface area contributed by atoms with Crippen molar-refractivity contribution in [2.24, 2.45) is 28.6 Å². The Bertz CT molecular complexity index is 777. The van der Waals surface area contributed by atoms with Crippen molar-refractivity contribution in [2.75, 3.05) is 6.61 Å². The van der Waals surface area contributed by atoms with Gasteiger partial charge in [0.25, 0.3) is 0 Å². The van der Waals surface area contributed by atoms with Gasteiger partial charge in [0, 0.05) is 12.5 Å². The van der Waals surface area contributed by atoms with Crippen molar-refractivity contribution in [3.05, 3.63) is 11.6 Å². The zero-order valence-electron chi connectivity index (χ0n) is 17.1. The zero-order chi connectivity index (χ0) is 20.7. The Morgan fingerprint density at radius 1 is 1.07 bits per heavy atom. The SMILES string of the molecule is C[C@]12C[C@H](C3=CC(=O)OC3)C[C@]1(O)C[C@@H]1CC[C@]3(O)C[C@H](O)CC[C@]3(C=O)[C@H]1C2. The van der Waals surface area contributed by atoms with Gasteiger partial charge in [-0.15, -0.1) is 0 Å². The molecule has 0 radical (unpaired) electrons. The van der Waals surface area contributed by atoms with E-state index in [1.54, 1.807) is 6.08 Å². The van der Waals surface area contributed by atoms with Crippen LogP contribution in [0.3, 0.4) is 0 Å². The molecule has 1 heterocycles. The largest absolute Gasteiger partial charge is 0.458 e. The standard InChI is InChI=1S/C23H32O6/c1-20-7-16(15-6-19(26)29-12-15)9-23(20,28)8-14-2-5-22(27)10-17(25)3-4-21(22,13-24)18(14)11-20/h6,13-14,16-18,25,27-28H,2-5,7-12H2,1H3/t14-,16-,17+,18-,20+,21-,22-,23+/m0/s1. The van der Waals surface area contributed by atoms with E-state index in [-0.39, 0.29) is 35.6 Å². The lowest BCUT2D eigenvalue weighted by atomic mass is 9.43. The smallest absolute Gasteiger partial charge is 0.331 e. The first kappa shape index (κ1) is 19.7. The van der Waals surface area contributed by atoms with Gasteiger partial charge in [0.1, 0.15) is 12.9 Å². The number of esters is 1. The van der Waals surface area contributed by atoms with Crippen LogP contribution in [0.15, 0.2) is 11.6 Å². The lowest BCUT2D eigenvalue weighted by Crippen LogP contribution is -2.66. The van der Waals surface area contributed by atoms with E-state index in [1.807, 2.05) is 0 Å². The van der Waals surface area contributed by atoms with E-state index in [4.69, 9.17) is 4.74 Å². The Morgan fingerprint density at radius 2 is 1.86 bits per heavy atom. The van der Waals surface area contributed by atoms with Crippen LogP contribution in [0.1, 0.15) is 64.7 Å². The predicted octanol–water partition coefficient (Wildman–Crippen LogP) is 1.90. The van der Waals surface area contributed by atoms with E-state index < -0.39 is 22.7 Å². The average Bonchev–Trinajstić information content (AvgIpc) is 3.20. The van der Waals surface area contributed by atoms with Crippen LogP contribution in [0, 0.1) is 28.6 Å². The molecule has 3 N–H and O–H groups in total. The van der Waals surface area contributed by atoms with Crippen molar-refractivity contribution in [3.8, 4) is 0 Å². The van der Waals surface area contributed by atoms with Crippen molar-refractivity contribution < 1.29 is 29.6 Å². The Labute approximate surface area is 171 Å². The zero-order valence-corrected chi connectivity index (χ0v) is 17.1. The topological polar surface area (TPSA) is 104 Å². The Kier molecular flexibility index (Phi) is 4.18. The summed E-state index contributed by atoms with van der Waals surface area (Å²) in [4.78, 5) is 24.0. The summed E-state index contributed by atoms with van der Waals surface area (Å²) in [5.41, 5.74) is -2.19. The van der Waals surface area contributed by atoms with E-state index in [0.29, 0.717) is 45.1 Å². The summed E-state index contributed by atoms with van der Waals surface area (Å²) in [5.74, 6) is 0.0379. The normalized spacial score (nSPS) is 54.1. The van der Waals surface area contributed by atoms with Gasteiger partial charge < -0.3 is 24.9 Å². The number of carbonyl (C=O) groups excluding carboxylic acids is 2. The lowest BCUT2D eigenvalue weighted by Gasteiger charge is -2.63. The first-order valence-electron chi connectivity index (χ1n) is 11.1. The van der Waals surface area contributed by atoms with E-state index in [0.717, 1.165) is 24.7 Å². The van der Waals surface area contributed by atoms with Crippen molar-refractivity contribution in [2.45, 2.75) is 82.0 Å². The summed E-state index contributed by atoms with van der Waals surface area (Å²) in [6.45, 7) is 2.43. The molecule has 0 unspecified atom stereocenters. The maximum atomic E-state index is 12.5. The van der Waals surface area contributed by atoms with E-state index in [9.17, 15) is 24.9 Å². The molecule has 8 atom stereocenters. The summed E-state index contributed by atoms with van der Waals surface area (Å²) >= 11 is 0. The number of aliphatic hydroxyl groups is 3. The minimum atomic E-state index is -1.15. The fourth-order valence-electron chi connectivity index (χ4n) is 7.95. The van der Waals surface area contributed by atoms with Crippen molar-refractivity contribution >= 4 is 12.3 Å². The molecular weight excluding hydrogens is 372 g/mol. The van der Waals surface area contributed by atoms with Crippen molar-refractivity contribution in [1.29, 1.82) is 0 Å². The Hall–Kier alpha value is -1.24. The van der Waals surface area contributed by atoms with Crippen molar-refractivity contribution in [3.63, 3.8) is 0 Å². The molecule has 5 rings (SSSR count). The van der Waals surface area contributed by atoms with Gasteiger partial charge in [-0.3, -0.25) is 0 Å². The first-order chi connectivity index (χ1) is 13.6. The molecular formula is C23H32O6. The third kappa shape index (κ3) is 2.58. The lowest BCUT2D eigenvalue weighted by molar-refractivity contribution is -0.229. The monoisotopic (exact) mass is 404 g/mol. The van der Waals surface area contributed by atoms with Crippen LogP contribution < -0.4 is 0 Å². The number of rotatable bonds is 2. The molecule has 0 amide bonds. The van der Waals surface area contributed by atoms with Gasteiger partial charge in [-0.1, -0.05) is 6.92 Å². The van der Waals surface area contributed by atoms with Gasteiger partial charge in [0.05, 0.1) is 22.7 Å². The van der Waals surface area contributed by atoms with Crippen LogP contribution in [0.25, 0.3) is 0 Å². The molecule has 1 aliphatic heterocycles. The average molecular weight is 405 g/mol. The number of aldehydes is 1. The molecule has 0 aromatic rings. The summed E-state index contributed by atoms with van der Waals surface area (Å²) in [5, 5.41) is 33.4. The highest BCUT2D eigenvalue weighted by molar-refractivity contribution is 5.85. The van der Waals surface area contributed by atoms with E-state index in [1.165, 1.54) is 0 Å². The molecule has 29 heavy (non-hydrogen) atoms. The van der Waals surface area contributed by atoms with Crippen LogP contribution in [0.5, 0.6) is 0 Å². The minimum Gasteiger partial charge on any atom is -0.458 e. The molecule has 6 heteroatoms. The number of carbonyl (C=O) groups is 2. The second-order valence-electron chi connectivity index (χ2n) is 10.9. The summed E-state index contributed by atoms with van der Waals surface area (Å²) < 4.78 is 5.10. The van der Waals surface area contributed by atoms with Crippen LogP contribution in [0.4, 0.5) is 0 Å². The first-order valence-corrected chi connectivity index (χ1v) is 11.1. The quantitative estimate of drug-likeness (QED) is 0.480. The molecule has 0 saturated heterocycles. The molecule has 0 bridgehead atoms. The van der Waals surface area contributed by atoms with Gasteiger partial charge in [-0.25, -0.2) is 4.79 Å². The van der Waals surface area contributed by atoms with Gasteiger partial charge in [-0.05, 0) is 80.1 Å². The van der Waals surface area contributed by atoms with E-state index >= 15 is 0 Å². The third-order valence-corrected chi connectivity index (χ3v) is 9.58. The Morgan fingerprint density at radius 3 is 2.55 bits per heavy atom. The van der Waals surface area contributed by atoms with Gasteiger partial charge in [0.2, 0.25) is 0 Å². The van der Waals surface area contributed by atoms with Crippen LogP contribution in [0.2, 0.25) is 0 Å². The molecule has 0 aromatic carbocycles. The highest BCUT2D eigenvalue weighted by Gasteiger charge is 2.68. The van der Waals surface area contributed by atoms with Gasteiger partial charge >= 0.3 is 5.97 Å². The molecule has 4 saturated carbocycles. The fraction of sp³-hybridized carbons (Fsp3) is 0.826. The van der Waals surface area contributed by atoms with Gasteiger partial charge in [0.15, 0.2) is 0 Å². The highest BCUT2D eigenvalue weighted by atomic mass is 16.5. The number of aliphatic hydroxyl groups excluding tert-OH is 1.